The second-order valence-corrected chi connectivity index (χ2v) is 13.1. The first kappa shape index (κ1) is 40.1. The molecule has 0 fully saturated rings. The van der Waals surface area contributed by atoms with Gasteiger partial charge in [0.15, 0.2) is 5.65 Å². The molecule has 21 heteroatoms. The molecule has 1 aromatic carbocycles. The Hall–Kier alpha value is -7.58. The van der Waals surface area contributed by atoms with Crippen LogP contribution in [0, 0.1) is 13.8 Å². The summed E-state index contributed by atoms with van der Waals surface area (Å²) >= 11 is 0. The summed E-state index contributed by atoms with van der Waals surface area (Å²) in [6.07, 6.45) is 4.85. The average Bonchev–Trinajstić information content (AvgIpc) is 3.92. The molecule has 21 nitrogen and oxygen atoms in total. The highest BCUT2D eigenvalue weighted by atomic mass is 16.5. The molecule has 0 atom stereocenters. The van der Waals surface area contributed by atoms with Gasteiger partial charge in [-0.05, 0) is 58.4 Å². The number of carbonyl (C=O) groups excluding carboxylic acids is 4. The van der Waals surface area contributed by atoms with Crippen LogP contribution in [0.15, 0.2) is 42.6 Å². The molecule has 6 aromatic rings. The SMILES string of the molecule is CCn1nc(C)cc1C(=O)Nc1nc2cc(C(N)=O)cnc2n1C/C=C/Cn1c(NC(=O)c2c(N)c(C)nn2CC)nc2cc(C(N)=O)cc(OCCCC(=O)O)c21. The molecule has 0 spiro atoms. The number of aliphatic carboxylic acids is 1. The van der Waals surface area contributed by atoms with E-state index in [0.29, 0.717) is 46.9 Å². The largest absolute Gasteiger partial charge is 0.491 e. The molecule has 0 radical (unpaired) electrons. The Morgan fingerprint density at radius 2 is 1.47 bits per heavy atom. The Kier molecular flexibility index (Phi) is 11.5. The number of aromatic nitrogens is 9. The smallest absolute Gasteiger partial charge is 0.303 e. The highest BCUT2D eigenvalue weighted by Crippen LogP contribution is 2.32. The van der Waals surface area contributed by atoms with Crippen molar-refractivity contribution < 1.29 is 33.8 Å². The number of nitrogens with two attached hydrogens (primary N) is 3. The molecule has 0 aliphatic rings. The number of hydrogen-bond donors (Lipinski definition) is 6. The van der Waals surface area contributed by atoms with Gasteiger partial charge in [-0.2, -0.15) is 10.2 Å². The standard InChI is InChI=1S/C37H42N14O7/c1-5-50-25(14-19(3)46-50)34(56)44-37-43-24-16-22(32(40)55)18-41-33(24)49(37)12-8-7-11-48-29-23(15-21(31(39)54)17-26(29)58-13-9-10-27(52)53)42-36(48)45-35(57)30-28(38)20(4)47-51(30)6-2/h7-8,14-18H,5-6,9-13,38H2,1-4H3,(H2,39,54)(H2,40,55)(H,52,53)(H,42,45,57)(H,43,44,56)/b8-7+. The van der Waals surface area contributed by atoms with Gasteiger partial charge >= 0.3 is 5.97 Å². The minimum absolute atomic E-state index is 0.0108. The molecular weight excluding hydrogens is 752 g/mol. The number of carboxylic acids is 1. The minimum atomic E-state index is -1.000. The number of aryl methyl sites for hydroxylation is 4. The number of rotatable bonds is 17. The summed E-state index contributed by atoms with van der Waals surface area (Å²) in [4.78, 5) is 76.3. The van der Waals surface area contributed by atoms with E-state index in [2.05, 4.69) is 35.8 Å². The fraction of sp³-hybridized carbons (Fsp3) is 0.297. The third-order valence-corrected chi connectivity index (χ3v) is 9.07. The van der Waals surface area contributed by atoms with Crippen molar-refractivity contribution in [3.63, 3.8) is 0 Å². The van der Waals surface area contributed by atoms with E-state index in [0.717, 1.165) is 0 Å². The monoisotopic (exact) mass is 794 g/mol. The van der Waals surface area contributed by atoms with Crippen molar-refractivity contribution in [3.8, 4) is 5.75 Å². The van der Waals surface area contributed by atoms with E-state index in [1.807, 2.05) is 13.8 Å². The summed E-state index contributed by atoms with van der Waals surface area (Å²) < 4.78 is 12.3. The van der Waals surface area contributed by atoms with Gasteiger partial charge in [-0.25, -0.2) is 15.0 Å². The van der Waals surface area contributed by atoms with Crippen LogP contribution in [0.3, 0.4) is 0 Å². The van der Waals surface area contributed by atoms with Crippen LogP contribution in [0.2, 0.25) is 0 Å². The molecule has 0 aliphatic heterocycles. The van der Waals surface area contributed by atoms with E-state index in [1.165, 1.54) is 29.1 Å². The Labute approximate surface area is 329 Å². The van der Waals surface area contributed by atoms with Gasteiger partial charge in [-0.15, -0.1) is 0 Å². The van der Waals surface area contributed by atoms with Crippen molar-refractivity contribution in [1.82, 2.24) is 43.6 Å². The topological polar surface area (TPSA) is 301 Å². The minimum Gasteiger partial charge on any atom is -0.491 e. The molecule has 5 aromatic heterocycles. The number of fused-ring (bicyclic) bond motifs is 2. The molecular formula is C37H42N14O7. The number of carbonyl (C=O) groups is 5. The molecule has 302 valence electrons. The van der Waals surface area contributed by atoms with Crippen molar-refractivity contribution in [1.29, 1.82) is 0 Å². The fourth-order valence-electron chi connectivity index (χ4n) is 6.29. The quantitative estimate of drug-likeness (QED) is 0.0572. The second-order valence-electron chi connectivity index (χ2n) is 13.1. The molecule has 9 N–H and O–H groups in total. The second kappa shape index (κ2) is 16.6. The third kappa shape index (κ3) is 8.17. The van der Waals surface area contributed by atoms with Crippen LogP contribution in [-0.2, 0) is 31.0 Å². The highest BCUT2D eigenvalue weighted by Gasteiger charge is 2.24. The predicted octanol–water partition coefficient (Wildman–Crippen LogP) is 2.62. The van der Waals surface area contributed by atoms with Gasteiger partial charge in [0.05, 0.1) is 34.8 Å². The van der Waals surface area contributed by atoms with Crippen LogP contribution >= 0.6 is 0 Å². The van der Waals surface area contributed by atoms with Crippen LogP contribution in [0.4, 0.5) is 17.6 Å². The lowest BCUT2D eigenvalue weighted by Gasteiger charge is -2.13. The van der Waals surface area contributed by atoms with E-state index in [4.69, 9.17) is 27.0 Å². The summed E-state index contributed by atoms with van der Waals surface area (Å²) in [5.41, 5.74) is 20.7. The van der Waals surface area contributed by atoms with E-state index in [-0.39, 0.29) is 78.2 Å². The van der Waals surface area contributed by atoms with Crippen LogP contribution in [0.5, 0.6) is 5.75 Å². The zero-order valence-electron chi connectivity index (χ0n) is 32.1. The van der Waals surface area contributed by atoms with Gasteiger partial charge in [-0.1, -0.05) is 12.2 Å². The Morgan fingerprint density at radius 3 is 2.14 bits per heavy atom. The maximum Gasteiger partial charge on any atom is 0.303 e. The molecule has 0 aliphatic carbocycles. The maximum absolute atomic E-state index is 13.8. The number of nitrogens with zero attached hydrogens (tertiary/aromatic N) is 9. The number of ether oxygens (including phenoxy) is 1. The van der Waals surface area contributed by atoms with Crippen molar-refractivity contribution in [2.24, 2.45) is 11.5 Å². The van der Waals surface area contributed by atoms with Crippen LogP contribution in [0.1, 0.15) is 79.8 Å². The number of hydrogen-bond acceptors (Lipinski definition) is 12. The van der Waals surface area contributed by atoms with E-state index in [1.54, 1.807) is 45.9 Å². The Bertz CT molecular complexity index is 2630. The van der Waals surface area contributed by atoms with Gasteiger partial charge in [0, 0.05) is 44.4 Å². The van der Waals surface area contributed by atoms with Crippen molar-refractivity contribution in [3.05, 3.63) is 76.5 Å². The number of carboxylic acid groups (broad SMARTS) is 1. The molecule has 0 saturated carbocycles. The van der Waals surface area contributed by atoms with E-state index >= 15 is 0 Å². The van der Waals surface area contributed by atoms with Crippen molar-refractivity contribution in [2.75, 3.05) is 23.0 Å². The number of nitrogen functional groups attached to an aromatic ring is 1. The predicted molar refractivity (Wildman–Crippen MR) is 211 cm³/mol. The number of benzene rings is 1. The molecule has 0 unspecified atom stereocenters. The lowest BCUT2D eigenvalue weighted by Crippen LogP contribution is -2.21. The number of primary amides is 2. The number of amides is 4. The first-order chi connectivity index (χ1) is 27.7. The van der Waals surface area contributed by atoms with Gasteiger partial charge in [0.1, 0.15) is 28.2 Å². The maximum atomic E-state index is 13.8. The fourth-order valence-corrected chi connectivity index (χ4v) is 6.29. The van der Waals surface area contributed by atoms with Gasteiger partial charge in [-0.3, -0.25) is 48.5 Å². The normalized spacial score (nSPS) is 11.4. The van der Waals surface area contributed by atoms with Crippen LogP contribution < -0.4 is 32.6 Å². The van der Waals surface area contributed by atoms with E-state index in [9.17, 15) is 24.0 Å². The third-order valence-electron chi connectivity index (χ3n) is 9.07. The van der Waals surface area contributed by atoms with Crippen LogP contribution in [-0.4, -0.2) is 85.0 Å². The number of imidazole rings is 2. The highest BCUT2D eigenvalue weighted by molar-refractivity contribution is 6.07. The zero-order valence-corrected chi connectivity index (χ0v) is 32.1. The molecule has 0 saturated heterocycles. The summed E-state index contributed by atoms with van der Waals surface area (Å²) in [6.45, 7) is 8.13. The number of allylic oxidation sites excluding steroid dienone is 2. The Balaban J connectivity index is 1.39. The zero-order chi connectivity index (χ0) is 41.8. The van der Waals surface area contributed by atoms with Gasteiger partial charge < -0.3 is 31.6 Å². The van der Waals surface area contributed by atoms with Gasteiger partial charge in [0.25, 0.3) is 11.8 Å². The summed E-state index contributed by atoms with van der Waals surface area (Å²) in [6, 6.07) is 6.02. The molecule has 4 amide bonds. The molecule has 58 heavy (non-hydrogen) atoms. The number of pyridine rings is 1. The summed E-state index contributed by atoms with van der Waals surface area (Å²) in [5.74, 6) is -3.13. The van der Waals surface area contributed by atoms with Crippen molar-refractivity contribution in [2.45, 2.75) is 66.7 Å². The number of anilines is 3. The molecule has 6 rings (SSSR count). The van der Waals surface area contributed by atoms with Crippen molar-refractivity contribution >= 4 is 69.4 Å². The van der Waals surface area contributed by atoms with E-state index < -0.39 is 29.6 Å². The number of nitrogens with one attached hydrogen (secondary N) is 2. The lowest BCUT2D eigenvalue weighted by molar-refractivity contribution is -0.137. The first-order valence-electron chi connectivity index (χ1n) is 18.2. The lowest BCUT2D eigenvalue weighted by atomic mass is 10.1. The van der Waals surface area contributed by atoms with Gasteiger partial charge in [0.2, 0.25) is 23.7 Å². The molecule has 0 bridgehead atoms. The summed E-state index contributed by atoms with van der Waals surface area (Å²) in [5, 5.41) is 23.5. The molecule has 5 heterocycles. The first-order valence-corrected chi connectivity index (χ1v) is 18.2. The average molecular weight is 795 g/mol. The summed E-state index contributed by atoms with van der Waals surface area (Å²) in [7, 11) is 0. The van der Waals surface area contributed by atoms with Crippen LogP contribution in [0.25, 0.3) is 22.2 Å². The Morgan fingerprint density at radius 1 is 0.828 bits per heavy atom.